The Balaban J connectivity index is -0.000000108. The predicted octanol–water partition coefficient (Wildman–Crippen LogP) is 7.10. The summed E-state index contributed by atoms with van der Waals surface area (Å²) in [5.74, 6) is 1.56. The van der Waals surface area contributed by atoms with E-state index >= 15 is 0 Å². The van der Waals surface area contributed by atoms with Crippen LogP contribution >= 0.6 is 43.2 Å². The maximum absolute atomic E-state index is 9.95. The third kappa shape index (κ3) is 52.7. The quantitative estimate of drug-likeness (QED) is 0.323. The zero-order valence-corrected chi connectivity index (χ0v) is 16.9. The topological polar surface area (TPSA) is 37.3 Å². The Morgan fingerprint density at radius 1 is 0.857 bits per heavy atom. The maximum atomic E-state index is 9.95. The Bertz CT molecular complexity index is 164. The zero-order valence-electron chi connectivity index (χ0n) is 13.6. The fourth-order valence-electron chi connectivity index (χ4n) is 0.652. The molecule has 21 heavy (non-hydrogen) atoms. The van der Waals surface area contributed by atoms with Gasteiger partial charge >= 0.3 is 5.97 Å². The number of aliphatic carboxylic acids is 1. The van der Waals surface area contributed by atoms with E-state index < -0.39 is 5.97 Å². The van der Waals surface area contributed by atoms with Gasteiger partial charge < -0.3 is 5.11 Å². The van der Waals surface area contributed by atoms with E-state index in [2.05, 4.69) is 27.0 Å². The summed E-state index contributed by atoms with van der Waals surface area (Å²) in [5.41, 5.74) is 0. The van der Waals surface area contributed by atoms with Crippen molar-refractivity contribution in [2.24, 2.45) is 0 Å². The first-order valence-electron chi connectivity index (χ1n) is 7.13. The normalized spacial score (nSPS) is 8.62. The number of hydrogen-bond donors (Lipinski definition) is 1. The van der Waals surface area contributed by atoms with E-state index in [4.69, 9.17) is 5.11 Å². The SMILES string of the molecule is C.CCCC.CCCCSSC.CSSCCCC(=O)O. The molecule has 0 aromatic heterocycles. The van der Waals surface area contributed by atoms with Gasteiger partial charge in [-0.05, 0) is 25.4 Å². The van der Waals surface area contributed by atoms with Gasteiger partial charge in [-0.3, -0.25) is 4.79 Å². The average molecular weight is 377 g/mol. The van der Waals surface area contributed by atoms with Crippen LogP contribution in [0.15, 0.2) is 0 Å². The average Bonchev–Trinajstić information content (AvgIpc) is 2.45. The Morgan fingerprint density at radius 2 is 1.29 bits per heavy atom. The second-order valence-electron chi connectivity index (χ2n) is 3.83. The summed E-state index contributed by atoms with van der Waals surface area (Å²) in [6.07, 6.45) is 10.5. The number of carboxylic acids is 1. The van der Waals surface area contributed by atoms with Gasteiger partial charge in [0.15, 0.2) is 0 Å². The first-order valence-corrected chi connectivity index (χ1v) is 12.6. The van der Waals surface area contributed by atoms with E-state index in [0.717, 1.165) is 12.2 Å². The smallest absolute Gasteiger partial charge is 0.303 e. The van der Waals surface area contributed by atoms with Crippen molar-refractivity contribution >= 4 is 49.1 Å². The van der Waals surface area contributed by atoms with Gasteiger partial charge in [0.1, 0.15) is 0 Å². The van der Waals surface area contributed by atoms with Crippen LogP contribution in [0.25, 0.3) is 0 Å². The van der Waals surface area contributed by atoms with Gasteiger partial charge in [-0.25, -0.2) is 0 Å². The molecule has 0 aliphatic heterocycles. The fourth-order valence-corrected chi connectivity index (χ4v) is 3.36. The Labute approximate surface area is 149 Å². The molecule has 0 unspecified atom stereocenters. The van der Waals surface area contributed by atoms with Crippen LogP contribution in [0.3, 0.4) is 0 Å². The van der Waals surface area contributed by atoms with Crippen molar-refractivity contribution in [1.82, 2.24) is 0 Å². The van der Waals surface area contributed by atoms with Crippen molar-refractivity contribution in [3.63, 3.8) is 0 Å². The summed E-state index contributed by atoms with van der Waals surface area (Å²) >= 11 is 0. The first-order chi connectivity index (χ1) is 9.60. The fraction of sp³-hybridized carbons (Fsp3) is 0.933. The lowest BCUT2D eigenvalue weighted by Crippen LogP contribution is -1.93. The highest BCUT2D eigenvalue weighted by Crippen LogP contribution is 2.18. The zero-order chi connectivity index (χ0) is 16.1. The molecule has 0 rings (SSSR count). The predicted molar refractivity (Wildman–Crippen MR) is 111 cm³/mol. The Kier molecular flexibility index (Phi) is 46.5. The molecule has 0 saturated heterocycles. The van der Waals surface area contributed by atoms with Gasteiger partial charge in [0.25, 0.3) is 0 Å². The van der Waals surface area contributed by atoms with E-state index in [1.807, 2.05) is 27.8 Å². The van der Waals surface area contributed by atoms with Crippen molar-refractivity contribution < 1.29 is 9.90 Å². The van der Waals surface area contributed by atoms with E-state index in [-0.39, 0.29) is 7.43 Å². The monoisotopic (exact) mass is 376 g/mol. The second-order valence-corrected chi connectivity index (χ2v) is 9.20. The molecule has 0 radical (unpaired) electrons. The molecule has 0 heterocycles. The standard InChI is InChI=1S/C5H10O2S2.C5H12S2.C4H10.CH4/c1-8-9-4-2-3-5(6)7;1-3-4-5-7-6-2;1-3-4-2;/h2-4H2,1H3,(H,6,7);3-5H2,1-2H3;3-4H2,1-2H3;1H4. The minimum Gasteiger partial charge on any atom is -0.481 e. The molecule has 0 aromatic carbocycles. The van der Waals surface area contributed by atoms with Gasteiger partial charge in [-0.2, -0.15) is 0 Å². The van der Waals surface area contributed by atoms with Crippen LogP contribution in [0.2, 0.25) is 0 Å². The van der Waals surface area contributed by atoms with Crippen LogP contribution in [0, 0.1) is 0 Å². The molecule has 0 bridgehead atoms. The first kappa shape index (κ1) is 29.8. The van der Waals surface area contributed by atoms with Gasteiger partial charge in [0, 0.05) is 17.9 Å². The minimum atomic E-state index is -0.697. The van der Waals surface area contributed by atoms with Gasteiger partial charge in [0.2, 0.25) is 0 Å². The lowest BCUT2D eigenvalue weighted by atomic mass is 10.3. The highest BCUT2D eigenvalue weighted by atomic mass is 33.1. The lowest BCUT2D eigenvalue weighted by Gasteiger charge is -1.92. The van der Waals surface area contributed by atoms with E-state index in [9.17, 15) is 4.79 Å². The molecule has 0 amide bonds. The summed E-state index contributed by atoms with van der Waals surface area (Å²) in [7, 11) is 7.19. The molecule has 0 spiro atoms. The molecular weight excluding hydrogens is 340 g/mol. The van der Waals surface area contributed by atoms with Crippen LogP contribution in [-0.2, 0) is 4.79 Å². The second kappa shape index (κ2) is 32.7. The molecular formula is C15H36O2S4. The van der Waals surface area contributed by atoms with Crippen molar-refractivity contribution in [3.8, 4) is 0 Å². The lowest BCUT2D eigenvalue weighted by molar-refractivity contribution is -0.137. The molecule has 0 saturated carbocycles. The third-order valence-corrected chi connectivity index (χ3v) is 5.73. The van der Waals surface area contributed by atoms with Crippen molar-refractivity contribution in [3.05, 3.63) is 0 Å². The number of rotatable bonds is 10. The summed E-state index contributed by atoms with van der Waals surface area (Å²) in [6, 6.07) is 0. The van der Waals surface area contributed by atoms with Gasteiger partial charge in [0.05, 0.1) is 0 Å². The van der Waals surface area contributed by atoms with Crippen molar-refractivity contribution in [2.45, 2.75) is 66.7 Å². The van der Waals surface area contributed by atoms with Crippen molar-refractivity contribution in [1.29, 1.82) is 0 Å². The maximum Gasteiger partial charge on any atom is 0.303 e. The van der Waals surface area contributed by atoms with Crippen molar-refractivity contribution in [2.75, 3.05) is 24.0 Å². The van der Waals surface area contributed by atoms with E-state index in [0.29, 0.717) is 6.42 Å². The molecule has 2 nitrogen and oxygen atoms in total. The molecule has 0 aromatic rings. The molecule has 0 aliphatic rings. The summed E-state index contributed by atoms with van der Waals surface area (Å²) in [6.45, 7) is 6.58. The molecule has 6 heteroatoms. The highest BCUT2D eigenvalue weighted by Gasteiger charge is 1.94. The van der Waals surface area contributed by atoms with E-state index in [1.54, 1.807) is 21.6 Å². The third-order valence-electron chi connectivity index (χ3n) is 1.94. The molecule has 0 atom stereocenters. The van der Waals surface area contributed by atoms with Crippen LogP contribution in [0.5, 0.6) is 0 Å². The number of carbonyl (C=O) groups is 1. The van der Waals surface area contributed by atoms with Crippen LogP contribution < -0.4 is 0 Å². The highest BCUT2D eigenvalue weighted by molar-refractivity contribution is 8.76. The molecule has 0 fully saturated rings. The minimum absolute atomic E-state index is 0. The van der Waals surface area contributed by atoms with Crippen LogP contribution in [0.1, 0.15) is 66.7 Å². The molecule has 132 valence electrons. The van der Waals surface area contributed by atoms with Gasteiger partial charge in [-0.15, -0.1) is 0 Å². The number of unbranched alkanes of at least 4 members (excludes halogenated alkanes) is 2. The summed E-state index contributed by atoms with van der Waals surface area (Å²) < 4.78 is 0. The van der Waals surface area contributed by atoms with Gasteiger partial charge in [-0.1, -0.05) is 90.6 Å². The van der Waals surface area contributed by atoms with Crippen LogP contribution in [-0.4, -0.2) is 35.1 Å². The summed E-state index contributed by atoms with van der Waals surface area (Å²) in [4.78, 5) is 9.95. The number of hydrogen-bond acceptors (Lipinski definition) is 5. The van der Waals surface area contributed by atoms with E-state index in [1.165, 1.54) is 31.4 Å². The molecule has 0 aliphatic carbocycles. The molecule has 1 N–H and O–H groups in total. The van der Waals surface area contributed by atoms with Crippen LogP contribution in [0.4, 0.5) is 0 Å². The number of carboxylic acid groups (broad SMARTS) is 1. The largest absolute Gasteiger partial charge is 0.481 e. The Hall–Kier alpha value is 0.870. The Morgan fingerprint density at radius 3 is 1.57 bits per heavy atom. The summed E-state index contributed by atoms with van der Waals surface area (Å²) in [5, 5.41) is 8.20.